The molecule has 1 heterocycles. The first-order chi connectivity index (χ1) is 8.81. The van der Waals surface area contributed by atoms with Gasteiger partial charge in [0.05, 0.1) is 0 Å². The van der Waals surface area contributed by atoms with Crippen LogP contribution in [-0.4, -0.2) is 29.3 Å². The van der Waals surface area contributed by atoms with Gasteiger partial charge in [0.15, 0.2) is 0 Å². The Morgan fingerprint density at radius 2 is 2.11 bits per heavy atom. The average Bonchev–Trinajstić information content (AvgIpc) is 2.45. The van der Waals surface area contributed by atoms with Crippen LogP contribution >= 0.6 is 12.6 Å². The molecule has 1 atom stereocenters. The number of rotatable bonds is 3. The number of nitrogens with zero attached hydrogens (tertiary/aromatic N) is 1. The van der Waals surface area contributed by atoms with Gasteiger partial charge in [-0.15, -0.1) is 0 Å². The Bertz CT molecular complexity index is 383. The van der Waals surface area contributed by atoms with Crippen LogP contribution in [0, 0.1) is 0 Å². The Balaban J connectivity index is 1.87. The predicted molar refractivity (Wildman–Crippen MR) is 74.8 cm³/mol. The second-order valence-corrected chi connectivity index (χ2v) is 4.93. The summed E-state index contributed by atoms with van der Waals surface area (Å²) >= 11 is 4.31. The quantitative estimate of drug-likeness (QED) is 0.851. The molecular formula is C14H19NO2S. The van der Waals surface area contributed by atoms with E-state index in [1.165, 1.54) is 6.42 Å². The van der Waals surface area contributed by atoms with Crippen LogP contribution in [-0.2, 0) is 11.3 Å². The molecule has 3 nitrogen and oxygen atoms in total. The standard InChI is InChI=1S/C14H19NO2S/c16-14(15-9-5-4-8-13(15)11-18)17-10-12-6-2-1-3-7-12/h1-3,6-7,13,18H,4-5,8-11H2. The number of piperidine rings is 1. The molecule has 98 valence electrons. The van der Waals surface area contributed by atoms with Crippen molar-refractivity contribution in [3.63, 3.8) is 0 Å². The summed E-state index contributed by atoms with van der Waals surface area (Å²) in [5.41, 5.74) is 1.02. The lowest BCUT2D eigenvalue weighted by Gasteiger charge is -2.33. The molecule has 0 spiro atoms. The Hall–Kier alpha value is -1.16. The van der Waals surface area contributed by atoms with Gasteiger partial charge in [-0.05, 0) is 24.8 Å². The monoisotopic (exact) mass is 265 g/mol. The highest BCUT2D eigenvalue weighted by Gasteiger charge is 2.26. The minimum absolute atomic E-state index is 0.211. The highest BCUT2D eigenvalue weighted by molar-refractivity contribution is 7.80. The zero-order valence-electron chi connectivity index (χ0n) is 10.4. The maximum atomic E-state index is 12.0. The van der Waals surface area contributed by atoms with Crippen molar-refractivity contribution in [2.45, 2.75) is 31.9 Å². The van der Waals surface area contributed by atoms with E-state index in [-0.39, 0.29) is 12.1 Å². The summed E-state index contributed by atoms with van der Waals surface area (Å²) in [6.45, 7) is 1.13. The topological polar surface area (TPSA) is 29.5 Å². The van der Waals surface area contributed by atoms with Gasteiger partial charge < -0.3 is 9.64 Å². The molecule has 1 fully saturated rings. The second-order valence-electron chi connectivity index (χ2n) is 4.57. The van der Waals surface area contributed by atoms with E-state index in [0.29, 0.717) is 12.4 Å². The average molecular weight is 265 g/mol. The first kappa shape index (κ1) is 13.3. The maximum Gasteiger partial charge on any atom is 0.410 e. The first-order valence-electron chi connectivity index (χ1n) is 6.39. The van der Waals surface area contributed by atoms with Crippen molar-refractivity contribution in [2.75, 3.05) is 12.3 Å². The third-order valence-corrected chi connectivity index (χ3v) is 3.70. The van der Waals surface area contributed by atoms with Crippen molar-refractivity contribution in [3.8, 4) is 0 Å². The number of thiol groups is 1. The third kappa shape index (κ3) is 3.42. The summed E-state index contributed by atoms with van der Waals surface area (Å²) in [7, 11) is 0. The van der Waals surface area contributed by atoms with Gasteiger partial charge in [-0.25, -0.2) is 4.79 Å². The van der Waals surface area contributed by atoms with Crippen LogP contribution in [0.3, 0.4) is 0 Å². The zero-order valence-corrected chi connectivity index (χ0v) is 11.3. The van der Waals surface area contributed by atoms with Crippen LogP contribution in [0.15, 0.2) is 30.3 Å². The van der Waals surface area contributed by atoms with E-state index in [1.807, 2.05) is 35.2 Å². The van der Waals surface area contributed by atoms with Crippen molar-refractivity contribution < 1.29 is 9.53 Å². The molecule has 1 aliphatic rings. The Morgan fingerprint density at radius 3 is 2.83 bits per heavy atom. The van der Waals surface area contributed by atoms with Crippen LogP contribution in [0.4, 0.5) is 4.79 Å². The molecule has 1 saturated heterocycles. The molecule has 0 aromatic heterocycles. The molecule has 1 unspecified atom stereocenters. The van der Waals surface area contributed by atoms with Crippen LogP contribution < -0.4 is 0 Å². The van der Waals surface area contributed by atoms with E-state index in [0.717, 1.165) is 24.9 Å². The molecule has 4 heteroatoms. The summed E-state index contributed by atoms with van der Waals surface area (Å²) in [4.78, 5) is 13.8. The van der Waals surface area contributed by atoms with E-state index in [1.54, 1.807) is 0 Å². The lowest BCUT2D eigenvalue weighted by Crippen LogP contribution is -2.44. The van der Waals surface area contributed by atoms with E-state index in [2.05, 4.69) is 12.6 Å². The van der Waals surface area contributed by atoms with E-state index in [4.69, 9.17) is 4.74 Å². The molecule has 0 N–H and O–H groups in total. The van der Waals surface area contributed by atoms with E-state index >= 15 is 0 Å². The molecule has 1 amide bonds. The highest BCUT2D eigenvalue weighted by atomic mass is 32.1. The maximum absolute atomic E-state index is 12.0. The van der Waals surface area contributed by atoms with Gasteiger partial charge in [-0.1, -0.05) is 30.3 Å². The summed E-state index contributed by atoms with van der Waals surface area (Å²) in [6.07, 6.45) is 3.06. The number of carbonyl (C=O) groups is 1. The SMILES string of the molecule is O=C(OCc1ccccc1)N1CCCCC1CS. The summed E-state index contributed by atoms with van der Waals surface area (Å²) < 4.78 is 5.35. The molecule has 1 aromatic carbocycles. The predicted octanol–water partition coefficient (Wildman–Crippen LogP) is 3.11. The first-order valence-corrected chi connectivity index (χ1v) is 7.02. The van der Waals surface area contributed by atoms with E-state index in [9.17, 15) is 4.79 Å². The summed E-state index contributed by atoms with van der Waals surface area (Å²) in [6, 6.07) is 9.98. The van der Waals surface area contributed by atoms with Gasteiger partial charge in [0.1, 0.15) is 6.61 Å². The molecule has 2 rings (SSSR count). The van der Waals surface area contributed by atoms with Gasteiger partial charge in [0.25, 0.3) is 0 Å². The Kier molecular flexibility index (Phi) is 4.93. The normalized spacial score (nSPS) is 19.6. The molecular weight excluding hydrogens is 246 g/mol. The van der Waals surface area contributed by atoms with Gasteiger partial charge in [-0.2, -0.15) is 12.6 Å². The lowest BCUT2D eigenvalue weighted by atomic mass is 10.0. The number of hydrogen-bond acceptors (Lipinski definition) is 3. The molecule has 0 aliphatic carbocycles. The summed E-state index contributed by atoms with van der Waals surface area (Å²) in [5.74, 6) is 0.709. The van der Waals surface area contributed by atoms with Crippen LogP contribution in [0.1, 0.15) is 24.8 Å². The smallest absolute Gasteiger partial charge is 0.410 e. The number of benzene rings is 1. The van der Waals surface area contributed by atoms with E-state index < -0.39 is 0 Å². The third-order valence-electron chi connectivity index (χ3n) is 3.28. The van der Waals surface area contributed by atoms with Crippen molar-refractivity contribution in [2.24, 2.45) is 0 Å². The second kappa shape index (κ2) is 6.69. The molecule has 0 saturated carbocycles. The lowest BCUT2D eigenvalue weighted by molar-refractivity contribution is 0.0732. The van der Waals surface area contributed by atoms with Gasteiger partial charge in [0.2, 0.25) is 0 Å². The number of carbonyl (C=O) groups excluding carboxylic acids is 1. The largest absolute Gasteiger partial charge is 0.445 e. The number of amides is 1. The fraction of sp³-hybridized carbons (Fsp3) is 0.500. The molecule has 18 heavy (non-hydrogen) atoms. The van der Waals surface area contributed by atoms with Gasteiger partial charge in [-0.3, -0.25) is 0 Å². The van der Waals surface area contributed by atoms with Crippen molar-refractivity contribution >= 4 is 18.7 Å². The van der Waals surface area contributed by atoms with Crippen molar-refractivity contribution in [1.29, 1.82) is 0 Å². The molecule has 0 radical (unpaired) electrons. The fourth-order valence-corrected chi connectivity index (χ4v) is 2.61. The minimum Gasteiger partial charge on any atom is -0.445 e. The van der Waals surface area contributed by atoms with Crippen LogP contribution in [0.2, 0.25) is 0 Å². The van der Waals surface area contributed by atoms with Crippen LogP contribution in [0.25, 0.3) is 0 Å². The fourth-order valence-electron chi connectivity index (χ4n) is 2.23. The number of likely N-dealkylation sites (tertiary alicyclic amines) is 1. The number of hydrogen-bond donors (Lipinski definition) is 1. The molecule has 0 bridgehead atoms. The Morgan fingerprint density at radius 1 is 1.33 bits per heavy atom. The summed E-state index contributed by atoms with van der Waals surface area (Å²) in [5, 5.41) is 0. The van der Waals surface area contributed by atoms with Crippen molar-refractivity contribution in [3.05, 3.63) is 35.9 Å². The Labute approximate surface area is 114 Å². The van der Waals surface area contributed by atoms with Gasteiger partial charge in [0, 0.05) is 18.3 Å². The van der Waals surface area contributed by atoms with Crippen molar-refractivity contribution in [1.82, 2.24) is 4.90 Å². The molecule has 1 aromatic rings. The highest BCUT2D eigenvalue weighted by Crippen LogP contribution is 2.19. The zero-order chi connectivity index (χ0) is 12.8. The van der Waals surface area contributed by atoms with Gasteiger partial charge >= 0.3 is 6.09 Å². The minimum atomic E-state index is -0.211. The molecule has 1 aliphatic heterocycles. The number of ether oxygens (including phenoxy) is 1. The van der Waals surface area contributed by atoms with Crippen LogP contribution in [0.5, 0.6) is 0 Å².